The number of Topliss-reactive ketones (excluding diaryl/α,β-unsaturated/α-hetero) is 1. The van der Waals surface area contributed by atoms with Gasteiger partial charge in [-0.2, -0.15) is 0 Å². The maximum Gasteiger partial charge on any atom is 0.329 e. The van der Waals surface area contributed by atoms with Gasteiger partial charge in [0.2, 0.25) is 5.91 Å². The lowest BCUT2D eigenvalue weighted by molar-refractivity contribution is -0.147. The van der Waals surface area contributed by atoms with Crippen molar-refractivity contribution in [3.8, 4) is 0 Å². The summed E-state index contributed by atoms with van der Waals surface area (Å²) in [6, 6.07) is 8.79. The number of furan rings is 1. The minimum absolute atomic E-state index is 0.134. The van der Waals surface area contributed by atoms with Crippen LogP contribution in [-0.2, 0) is 14.3 Å². The molecule has 2 aromatic rings. The molecule has 31 heavy (non-hydrogen) atoms. The monoisotopic (exact) mass is 426 g/mol. The van der Waals surface area contributed by atoms with E-state index >= 15 is 0 Å². The number of hydrogen-bond acceptors (Lipinski definition) is 6. The van der Waals surface area contributed by atoms with E-state index in [0.29, 0.717) is 30.6 Å². The van der Waals surface area contributed by atoms with Gasteiger partial charge in [0, 0.05) is 23.2 Å². The fourth-order valence-electron chi connectivity index (χ4n) is 3.17. The zero-order chi connectivity index (χ0) is 22.6. The summed E-state index contributed by atoms with van der Waals surface area (Å²) in [7, 11) is 0. The van der Waals surface area contributed by atoms with Crippen molar-refractivity contribution in [2.75, 3.05) is 18.5 Å². The number of hydrogen-bond donors (Lipinski definition) is 1. The first-order chi connectivity index (χ1) is 14.7. The first-order valence-corrected chi connectivity index (χ1v) is 10.1. The highest BCUT2D eigenvalue weighted by Crippen LogP contribution is 2.22. The molecule has 0 aliphatic carbocycles. The van der Waals surface area contributed by atoms with Crippen LogP contribution in [0.25, 0.3) is 0 Å². The minimum atomic E-state index is -0.736. The number of anilines is 1. The fraction of sp³-hybridized carbons (Fsp3) is 0.391. The van der Waals surface area contributed by atoms with Gasteiger partial charge in [0.25, 0.3) is 5.91 Å². The summed E-state index contributed by atoms with van der Waals surface area (Å²) in [6.45, 7) is 5.42. The number of amides is 2. The number of ether oxygens (including phenoxy) is 1. The molecule has 1 aliphatic heterocycles. The van der Waals surface area contributed by atoms with Crippen LogP contribution in [0.2, 0.25) is 0 Å². The SMILES string of the molecule is CC(C)(C)C(=O)Nc1ccc(C(=O)COC(=O)[C@@H]2CCCN2C(=O)c2ccco2)cc1. The van der Waals surface area contributed by atoms with Crippen LogP contribution in [0, 0.1) is 5.41 Å². The van der Waals surface area contributed by atoms with E-state index in [-0.39, 0.29) is 23.4 Å². The van der Waals surface area contributed by atoms with E-state index in [4.69, 9.17) is 9.15 Å². The largest absolute Gasteiger partial charge is 0.459 e. The van der Waals surface area contributed by atoms with E-state index in [1.807, 2.05) is 20.8 Å². The second-order valence-electron chi connectivity index (χ2n) is 8.45. The van der Waals surface area contributed by atoms with E-state index in [2.05, 4.69) is 5.32 Å². The van der Waals surface area contributed by atoms with Gasteiger partial charge in [-0.15, -0.1) is 0 Å². The molecule has 0 radical (unpaired) electrons. The van der Waals surface area contributed by atoms with E-state index in [9.17, 15) is 19.2 Å². The highest BCUT2D eigenvalue weighted by molar-refractivity contribution is 6.00. The Labute approximate surface area is 180 Å². The predicted octanol–water partition coefficient (Wildman–Crippen LogP) is 3.29. The number of ketones is 1. The van der Waals surface area contributed by atoms with Gasteiger partial charge in [-0.05, 0) is 49.2 Å². The third-order valence-corrected chi connectivity index (χ3v) is 5.01. The first kappa shape index (κ1) is 22.3. The molecule has 164 valence electrons. The van der Waals surface area contributed by atoms with Crippen molar-refractivity contribution in [3.05, 3.63) is 54.0 Å². The molecule has 0 bridgehead atoms. The van der Waals surface area contributed by atoms with Gasteiger partial charge in [-0.25, -0.2) is 4.79 Å². The molecule has 2 amide bonds. The molecule has 0 saturated carbocycles. The number of rotatable bonds is 6. The van der Waals surface area contributed by atoms with Crippen molar-refractivity contribution in [3.63, 3.8) is 0 Å². The summed E-state index contributed by atoms with van der Waals surface area (Å²) in [5, 5.41) is 2.78. The number of benzene rings is 1. The Morgan fingerprint density at radius 2 is 1.84 bits per heavy atom. The molecule has 8 nitrogen and oxygen atoms in total. The van der Waals surface area contributed by atoms with Crippen molar-refractivity contribution in [1.29, 1.82) is 0 Å². The zero-order valence-electron chi connectivity index (χ0n) is 17.8. The van der Waals surface area contributed by atoms with Gasteiger partial charge in [0.05, 0.1) is 6.26 Å². The highest BCUT2D eigenvalue weighted by atomic mass is 16.5. The molecule has 0 unspecified atom stereocenters. The Morgan fingerprint density at radius 1 is 1.13 bits per heavy atom. The smallest absolute Gasteiger partial charge is 0.329 e. The quantitative estimate of drug-likeness (QED) is 0.561. The number of carbonyl (C=O) groups excluding carboxylic acids is 4. The van der Waals surface area contributed by atoms with Crippen LogP contribution in [0.1, 0.15) is 54.5 Å². The van der Waals surface area contributed by atoms with Gasteiger partial charge in [-0.1, -0.05) is 20.8 Å². The summed E-state index contributed by atoms with van der Waals surface area (Å²) < 4.78 is 10.3. The lowest BCUT2D eigenvalue weighted by atomic mass is 9.95. The average molecular weight is 426 g/mol. The second kappa shape index (κ2) is 9.16. The van der Waals surface area contributed by atoms with Crippen molar-refractivity contribution >= 4 is 29.3 Å². The summed E-state index contributed by atoms with van der Waals surface area (Å²) >= 11 is 0. The van der Waals surface area contributed by atoms with Crippen LogP contribution >= 0.6 is 0 Å². The Bertz CT molecular complexity index is 957. The van der Waals surface area contributed by atoms with Gasteiger partial charge in [-0.3, -0.25) is 14.4 Å². The first-order valence-electron chi connectivity index (χ1n) is 10.1. The number of esters is 1. The lowest BCUT2D eigenvalue weighted by Gasteiger charge is -2.22. The van der Waals surface area contributed by atoms with Crippen LogP contribution in [0.15, 0.2) is 47.1 Å². The van der Waals surface area contributed by atoms with Gasteiger partial charge in [0.15, 0.2) is 18.2 Å². The van der Waals surface area contributed by atoms with E-state index in [0.717, 1.165) is 0 Å². The van der Waals surface area contributed by atoms with Crippen molar-refractivity contribution in [2.24, 2.45) is 5.41 Å². The van der Waals surface area contributed by atoms with Crippen LogP contribution in [0.3, 0.4) is 0 Å². The molecule has 1 fully saturated rings. The number of nitrogens with one attached hydrogen (secondary N) is 1. The molecule has 1 aromatic heterocycles. The molecule has 1 saturated heterocycles. The molecule has 1 atom stereocenters. The van der Waals surface area contributed by atoms with Gasteiger partial charge >= 0.3 is 5.97 Å². The maximum atomic E-state index is 12.5. The van der Waals surface area contributed by atoms with Gasteiger partial charge in [0.1, 0.15) is 6.04 Å². The lowest BCUT2D eigenvalue weighted by Crippen LogP contribution is -2.41. The summed E-state index contributed by atoms with van der Waals surface area (Å²) in [4.78, 5) is 50.8. The molecular formula is C23H26N2O6. The third-order valence-electron chi connectivity index (χ3n) is 5.01. The van der Waals surface area contributed by atoms with Crippen molar-refractivity contribution in [1.82, 2.24) is 4.90 Å². The Balaban J connectivity index is 1.54. The number of nitrogens with zero attached hydrogens (tertiary/aromatic N) is 1. The van der Waals surface area contributed by atoms with E-state index in [1.165, 1.54) is 11.2 Å². The number of likely N-dealkylation sites (tertiary alicyclic amines) is 1. The molecule has 1 aromatic carbocycles. The zero-order valence-corrected chi connectivity index (χ0v) is 17.8. The standard InChI is InChI=1S/C23H26N2O6/c1-23(2,3)22(29)24-16-10-8-15(9-11-16)18(26)14-31-21(28)17-6-4-12-25(17)20(27)19-7-5-13-30-19/h5,7-11,13,17H,4,6,12,14H2,1-3H3,(H,24,29)/t17-/m0/s1. The number of carbonyl (C=O) groups is 4. The van der Waals surface area contributed by atoms with Crippen molar-refractivity contribution in [2.45, 2.75) is 39.7 Å². The second-order valence-corrected chi connectivity index (χ2v) is 8.45. The molecule has 1 N–H and O–H groups in total. The normalized spacial score (nSPS) is 16.1. The van der Waals surface area contributed by atoms with Crippen LogP contribution in [0.5, 0.6) is 0 Å². The predicted molar refractivity (Wildman–Crippen MR) is 113 cm³/mol. The van der Waals surface area contributed by atoms with Crippen LogP contribution in [0.4, 0.5) is 5.69 Å². The average Bonchev–Trinajstić information content (AvgIpc) is 3.43. The van der Waals surface area contributed by atoms with Crippen LogP contribution < -0.4 is 5.32 Å². The molecule has 1 aliphatic rings. The Hall–Kier alpha value is -3.42. The Morgan fingerprint density at radius 3 is 2.45 bits per heavy atom. The fourth-order valence-corrected chi connectivity index (χ4v) is 3.17. The van der Waals surface area contributed by atoms with Crippen LogP contribution in [-0.4, -0.2) is 47.7 Å². The van der Waals surface area contributed by atoms with E-state index < -0.39 is 24.0 Å². The maximum absolute atomic E-state index is 12.5. The van der Waals surface area contributed by atoms with E-state index in [1.54, 1.807) is 36.4 Å². The van der Waals surface area contributed by atoms with Crippen molar-refractivity contribution < 1.29 is 28.3 Å². The molecule has 8 heteroatoms. The molecule has 3 rings (SSSR count). The summed E-state index contributed by atoms with van der Waals surface area (Å²) in [6.07, 6.45) is 2.54. The highest BCUT2D eigenvalue weighted by Gasteiger charge is 2.36. The topological polar surface area (TPSA) is 106 Å². The molecule has 0 spiro atoms. The Kier molecular flexibility index (Phi) is 6.58. The third kappa shape index (κ3) is 5.39. The molecule has 2 heterocycles. The van der Waals surface area contributed by atoms with Gasteiger partial charge < -0.3 is 19.4 Å². The summed E-state index contributed by atoms with van der Waals surface area (Å²) in [5.41, 5.74) is 0.401. The molecular weight excluding hydrogens is 400 g/mol. The minimum Gasteiger partial charge on any atom is -0.459 e. The summed E-state index contributed by atoms with van der Waals surface area (Å²) in [5.74, 6) is -1.33.